The summed E-state index contributed by atoms with van der Waals surface area (Å²) >= 11 is 0. The summed E-state index contributed by atoms with van der Waals surface area (Å²) in [5.41, 5.74) is 1.04. The number of hydrogen-bond acceptors (Lipinski definition) is 4. The van der Waals surface area contributed by atoms with Crippen LogP contribution >= 0.6 is 0 Å². The molecule has 0 aliphatic carbocycles. The summed E-state index contributed by atoms with van der Waals surface area (Å²) in [6.07, 6.45) is 1.57. The number of nitrogens with zero attached hydrogens (tertiary/aromatic N) is 2. The minimum absolute atomic E-state index is 0.177. The first kappa shape index (κ1) is 12.6. The lowest BCUT2D eigenvalue weighted by atomic mass is 9.94. The van der Waals surface area contributed by atoms with Gasteiger partial charge in [0.05, 0.1) is 24.2 Å². The molecule has 1 atom stereocenters. The lowest BCUT2D eigenvalue weighted by molar-refractivity contribution is -0.0691. The number of likely N-dealkylation sites (tertiary alicyclic amines) is 1. The lowest BCUT2D eigenvalue weighted by Gasteiger charge is -2.37. The quantitative estimate of drug-likeness (QED) is 0.767. The number of rotatable bonds is 3. The molecule has 1 aliphatic heterocycles. The van der Waals surface area contributed by atoms with Crippen molar-refractivity contribution in [3.63, 3.8) is 0 Å². The van der Waals surface area contributed by atoms with Crippen LogP contribution in [0.2, 0.25) is 0 Å². The average molecular weight is 261 g/mol. The standard InChI is InChI=1S/C14H19N3O2/c18-10-14(19)6-3-7-17(9-14)8-13-15-11-4-1-2-5-12(11)16-13/h1-2,4-5,18-19H,3,6-10H2,(H,15,16). The predicted molar refractivity (Wildman–Crippen MR) is 72.6 cm³/mol. The van der Waals surface area contributed by atoms with Crippen molar-refractivity contribution < 1.29 is 10.2 Å². The van der Waals surface area contributed by atoms with E-state index in [0.29, 0.717) is 19.5 Å². The van der Waals surface area contributed by atoms with Crippen molar-refractivity contribution in [3.05, 3.63) is 30.1 Å². The number of aliphatic hydroxyl groups is 2. The van der Waals surface area contributed by atoms with E-state index < -0.39 is 5.60 Å². The largest absolute Gasteiger partial charge is 0.393 e. The number of β-amino-alcohol motifs (C(OH)–C–C–N with tert-alkyl or cyclic N) is 1. The molecule has 0 spiro atoms. The highest BCUT2D eigenvalue weighted by Gasteiger charge is 2.32. The number of nitrogens with one attached hydrogen (secondary N) is 1. The SMILES string of the molecule is OCC1(O)CCCN(Cc2nc3ccccc3[nH]2)C1. The summed E-state index contributed by atoms with van der Waals surface area (Å²) in [4.78, 5) is 9.97. The first-order valence-corrected chi connectivity index (χ1v) is 6.68. The van der Waals surface area contributed by atoms with Crippen LogP contribution in [0.25, 0.3) is 11.0 Å². The molecule has 1 aromatic carbocycles. The fourth-order valence-corrected chi connectivity index (χ4v) is 2.76. The zero-order valence-electron chi connectivity index (χ0n) is 10.8. The zero-order chi connectivity index (χ0) is 13.3. The van der Waals surface area contributed by atoms with Crippen molar-refractivity contribution in [2.45, 2.75) is 25.0 Å². The van der Waals surface area contributed by atoms with Gasteiger partial charge >= 0.3 is 0 Å². The monoisotopic (exact) mass is 261 g/mol. The Balaban J connectivity index is 1.74. The van der Waals surface area contributed by atoms with E-state index in [9.17, 15) is 10.2 Å². The van der Waals surface area contributed by atoms with Gasteiger partial charge < -0.3 is 15.2 Å². The van der Waals surface area contributed by atoms with E-state index in [1.165, 1.54) is 0 Å². The average Bonchev–Trinajstić information content (AvgIpc) is 2.81. The van der Waals surface area contributed by atoms with Crippen LogP contribution in [0.15, 0.2) is 24.3 Å². The highest BCUT2D eigenvalue weighted by atomic mass is 16.3. The van der Waals surface area contributed by atoms with Crippen LogP contribution < -0.4 is 0 Å². The maximum atomic E-state index is 10.1. The number of hydrogen-bond donors (Lipinski definition) is 3. The molecule has 0 bridgehead atoms. The lowest BCUT2D eigenvalue weighted by Crippen LogP contribution is -2.50. The molecule has 0 radical (unpaired) electrons. The number of para-hydroxylation sites is 2. The molecule has 5 heteroatoms. The Hall–Kier alpha value is -1.43. The molecule has 0 amide bonds. The number of piperidine rings is 1. The van der Waals surface area contributed by atoms with Crippen molar-refractivity contribution in [2.75, 3.05) is 19.7 Å². The van der Waals surface area contributed by atoms with Crippen LogP contribution in [-0.4, -0.2) is 50.4 Å². The van der Waals surface area contributed by atoms with E-state index in [4.69, 9.17) is 0 Å². The smallest absolute Gasteiger partial charge is 0.121 e. The highest BCUT2D eigenvalue weighted by Crippen LogP contribution is 2.22. The molecule has 3 N–H and O–H groups in total. The van der Waals surface area contributed by atoms with E-state index in [0.717, 1.165) is 29.8 Å². The van der Waals surface area contributed by atoms with Gasteiger partial charge in [-0.05, 0) is 31.5 Å². The first-order chi connectivity index (χ1) is 9.18. The molecular weight excluding hydrogens is 242 g/mol. The van der Waals surface area contributed by atoms with Crippen LogP contribution in [0.3, 0.4) is 0 Å². The second-order valence-corrected chi connectivity index (χ2v) is 5.40. The number of imidazole rings is 1. The van der Waals surface area contributed by atoms with E-state index in [-0.39, 0.29) is 6.61 Å². The van der Waals surface area contributed by atoms with Crippen LogP contribution in [0.4, 0.5) is 0 Å². The Morgan fingerprint density at radius 3 is 3.00 bits per heavy atom. The molecule has 102 valence electrons. The Labute approximate surface area is 111 Å². The van der Waals surface area contributed by atoms with Crippen LogP contribution in [0.5, 0.6) is 0 Å². The Bertz CT molecular complexity index is 536. The summed E-state index contributed by atoms with van der Waals surface area (Å²) < 4.78 is 0. The maximum Gasteiger partial charge on any atom is 0.121 e. The molecule has 19 heavy (non-hydrogen) atoms. The van der Waals surface area contributed by atoms with Crippen LogP contribution in [0.1, 0.15) is 18.7 Å². The third-order valence-electron chi connectivity index (χ3n) is 3.74. The fraction of sp³-hybridized carbons (Fsp3) is 0.500. The Kier molecular flexibility index (Phi) is 3.26. The van der Waals surface area contributed by atoms with E-state index in [1.54, 1.807) is 0 Å². The van der Waals surface area contributed by atoms with Gasteiger partial charge in [0.15, 0.2) is 0 Å². The highest BCUT2D eigenvalue weighted by molar-refractivity contribution is 5.74. The van der Waals surface area contributed by atoms with Crippen molar-refractivity contribution in [1.82, 2.24) is 14.9 Å². The predicted octanol–water partition coefficient (Wildman–Crippen LogP) is 0.882. The molecule has 1 unspecified atom stereocenters. The van der Waals surface area contributed by atoms with Crippen LogP contribution in [-0.2, 0) is 6.54 Å². The normalized spacial score (nSPS) is 24.9. The van der Waals surface area contributed by atoms with Gasteiger partial charge in [0.2, 0.25) is 0 Å². The van der Waals surface area contributed by atoms with Gasteiger partial charge in [0.25, 0.3) is 0 Å². The summed E-state index contributed by atoms with van der Waals surface area (Å²) in [5, 5.41) is 19.4. The number of fused-ring (bicyclic) bond motifs is 1. The van der Waals surface area contributed by atoms with Gasteiger partial charge in [-0.15, -0.1) is 0 Å². The second kappa shape index (κ2) is 4.92. The van der Waals surface area contributed by atoms with Gasteiger partial charge in [-0.2, -0.15) is 0 Å². The third-order valence-corrected chi connectivity index (χ3v) is 3.74. The molecule has 0 saturated carbocycles. The molecule has 1 fully saturated rings. The zero-order valence-corrected chi connectivity index (χ0v) is 10.8. The summed E-state index contributed by atoms with van der Waals surface area (Å²) in [7, 11) is 0. The van der Waals surface area contributed by atoms with Crippen molar-refractivity contribution in [3.8, 4) is 0 Å². The Morgan fingerprint density at radius 1 is 1.37 bits per heavy atom. The van der Waals surface area contributed by atoms with Crippen molar-refractivity contribution in [1.29, 1.82) is 0 Å². The number of aliphatic hydroxyl groups excluding tert-OH is 1. The third kappa shape index (κ3) is 2.63. The number of aromatic amines is 1. The van der Waals surface area contributed by atoms with Gasteiger partial charge in [0.1, 0.15) is 11.4 Å². The molecule has 5 nitrogen and oxygen atoms in total. The van der Waals surface area contributed by atoms with Crippen molar-refractivity contribution in [2.24, 2.45) is 0 Å². The van der Waals surface area contributed by atoms with Gasteiger partial charge in [0, 0.05) is 6.54 Å². The van der Waals surface area contributed by atoms with E-state index in [2.05, 4.69) is 14.9 Å². The first-order valence-electron chi connectivity index (χ1n) is 6.68. The number of benzene rings is 1. The maximum absolute atomic E-state index is 10.1. The molecule has 1 aromatic heterocycles. The molecule has 2 heterocycles. The number of aromatic nitrogens is 2. The van der Waals surface area contributed by atoms with Crippen LogP contribution in [0, 0.1) is 0 Å². The van der Waals surface area contributed by atoms with E-state index >= 15 is 0 Å². The van der Waals surface area contributed by atoms with E-state index in [1.807, 2.05) is 24.3 Å². The minimum Gasteiger partial charge on any atom is -0.393 e. The van der Waals surface area contributed by atoms with Crippen molar-refractivity contribution >= 4 is 11.0 Å². The van der Waals surface area contributed by atoms with Gasteiger partial charge in [-0.3, -0.25) is 4.90 Å². The summed E-state index contributed by atoms with van der Waals surface area (Å²) in [6.45, 7) is 1.93. The molecule has 2 aromatic rings. The molecule has 3 rings (SSSR count). The molecule has 1 aliphatic rings. The minimum atomic E-state index is -0.954. The fourth-order valence-electron chi connectivity index (χ4n) is 2.76. The topological polar surface area (TPSA) is 72.4 Å². The second-order valence-electron chi connectivity index (χ2n) is 5.40. The number of H-pyrrole nitrogens is 1. The molecule has 1 saturated heterocycles. The summed E-state index contributed by atoms with van der Waals surface area (Å²) in [5.74, 6) is 0.906. The summed E-state index contributed by atoms with van der Waals surface area (Å²) in [6, 6.07) is 7.94. The Morgan fingerprint density at radius 2 is 2.21 bits per heavy atom. The van der Waals surface area contributed by atoms with Gasteiger partial charge in [-0.1, -0.05) is 12.1 Å². The van der Waals surface area contributed by atoms with Gasteiger partial charge in [-0.25, -0.2) is 4.98 Å². The molecular formula is C14H19N3O2.